The van der Waals surface area contributed by atoms with Gasteiger partial charge in [0.2, 0.25) is 11.8 Å². The minimum Gasteiger partial charge on any atom is -0.342 e. The highest BCUT2D eigenvalue weighted by molar-refractivity contribution is 7.99. The Bertz CT molecular complexity index is 1110. The number of rotatable bonds is 5. The summed E-state index contributed by atoms with van der Waals surface area (Å²) < 4.78 is 40.2. The third kappa shape index (κ3) is 5.04. The lowest BCUT2D eigenvalue weighted by Crippen LogP contribution is -2.42. The van der Waals surface area contributed by atoms with Gasteiger partial charge in [0, 0.05) is 30.9 Å². The van der Waals surface area contributed by atoms with Crippen molar-refractivity contribution >= 4 is 34.9 Å². The van der Waals surface area contributed by atoms with Gasteiger partial charge < -0.3 is 10.2 Å². The molecule has 1 N–H and O–H groups in total. The second-order valence-corrected chi connectivity index (χ2v) is 8.37. The molecule has 1 aliphatic heterocycles. The van der Waals surface area contributed by atoms with Crippen LogP contribution in [0, 0.1) is 5.92 Å². The highest BCUT2D eigenvalue weighted by Crippen LogP contribution is 2.30. The van der Waals surface area contributed by atoms with E-state index in [2.05, 4.69) is 15.5 Å². The summed E-state index contributed by atoms with van der Waals surface area (Å²) in [7, 11) is 0. The SMILES string of the molecule is O=C(Nc1ccccc1)C1CCN(C(=O)CSc2nnc3ccc(C(F)(F)F)cn23)CC1. The van der Waals surface area contributed by atoms with Crippen molar-refractivity contribution in [3.05, 3.63) is 54.2 Å². The summed E-state index contributed by atoms with van der Waals surface area (Å²) in [4.78, 5) is 26.7. The average molecular weight is 463 g/mol. The molecule has 11 heteroatoms. The Labute approximate surface area is 186 Å². The lowest BCUT2D eigenvalue weighted by molar-refractivity contribution is -0.138. The van der Waals surface area contributed by atoms with Gasteiger partial charge in [-0.05, 0) is 37.1 Å². The highest BCUT2D eigenvalue weighted by atomic mass is 32.2. The van der Waals surface area contributed by atoms with Gasteiger partial charge in [0.25, 0.3) is 0 Å². The molecule has 1 saturated heterocycles. The molecule has 7 nitrogen and oxygen atoms in total. The second-order valence-electron chi connectivity index (χ2n) is 7.43. The normalized spacial score (nSPS) is 15.2. The Morgan fingerprint density at radius 3 is 2.47 bits per heavy atom. The number of anilines is 1. The van der Waals surface area contributed by atoms with E-state index in [0.29, 0.717) is 25.9 Å². The van der Waals surface area contributed by atoms with Gasteiger partial charge in [-0.3, -0.25) is 14.0 Å². The number of para-hydroxylation sites is 1. The van der Waals surface area contributed by atoms with Crippen LogP contribution in [0.3, 0.4) is 0 Å². The first-order chi connectivity index (χ1) is 15.3. The largest absolute Gasteiger partial charge is 0.417 e. The second kappa shape index (κ2) is 9.19. The average Bonchev–Trinajstić information content (AvgIpc) is 3.20. The van der Waals surface area contributed by atoms with E-state index in [1.54, 1.807) is 4.90 Å². The minimum atomic E-state index is -4.48. The number of likely N-dealkylation sites (tertiary alicyclic amines) is 1. The molecule has 0 bridgehead atoms. The van der Waals surface area contributed by atoms with Crippen molar-refractivity contribution in [2.45, 2.75) is 24.2 Å². The van der Waals surface area contributed by atoms with E-state index in [-0.39, 0.29) is 34.3 Å². The molecule has 4 rings (SSSR count). The molecule has 1 fully saturated rings. The summed E-state index contributed by atoms with van der Waals surface area (Å²) in [5, 5.41) is 10.9. The van der Waals surface area contributed by atoms with Crippen molar-refractivity contribution < 1.29 is 22.8 Å². The summed E-state index contributed by atoms with van der Waals surface area (Å²) in [5.41, 5.74) is 0.202. The topological polar surface area (TPSA) is 79.6 Å². The van der Waals surface area contributed by atoms with E-state index < -0.39 is 11.7 Å². The number of amides is 2. The number of carbonyl (C=O) groups excluding carboxylic acids is 2. The Kier molecular flexibility index (Phi) is 6.35. The molecular formula is C21H20F3N5O2S. The zero-order chi connectivity index (χ0) is 22.7. The van der Waals surface area contributed by atoms with E-state index in [1.807, 2.05) is 30.3 Å². The predicted molar refractivity (Wildman–Crippen MR) is 113 cm³/mol. The third-order valence-corrected chi connectivity index (χ3v) is 6.21. The molecule has 0 spiro atoms. The number of fused-ring (bicyclic) bond motifs is 1. The maximum Gasteiger partial charge on any atom is 0.417 e. The lowest BCUT2D eigenvalue weighted by Gasteiger charge is -2.31. The van der Waals surface area contributed by atoms with Gasteiger partial charge in [0.15, 0.2) is 10.8 Å². The van der Waals surface area contributed by atoms with E-state index >= 15 is 0 Å². The van der Waals surface area contributed by atoms with Crippen LogP contribution in [0.15, 0.2) is 53.8 Å². The van der Waals surface area contributed by atoms with Gasteiger partial charge in [0.1, 0.15) is 0 Å². The van der Waals surface area contributed by atoms with Crippen LogP contribution in [0.1, 0.15) is 18.4 Å². The number of pyridine rings is 1. The molecule has 0 aliphatic carbocycles. The van der Waals surface area contributed by atoms with E-state index in [4.69, 9.17) is 0 Å². The zero-order valence-corrected chi connectivity index (χ0v) is 17.7. The molecule has 1 aromatic carbocycles. The lowest BCUT2D eigenvalue weighted by atomic mass is 9.96. The minimum absolute atomic E-state index is 0.0257. The Morgan fingerprint density at radius 1 is 1.06 bits per heavy atom. The predicted octanol–water partition coefficient (Wildman–Crippen LogP) is 3.72. The third-order valence-electron chi connectivity index (χ3n) is 5.28. The molecule has 2 aromatic heterocycles. The molecule has 168 valence electrons. The molecule has 3 heterocycles. The fourth-order valence-electron chi connectivity index (χ4n) is 3.51. The van der Waals surface area contributed by atoms with Gasteiger partial charge in [-0.1, -0.05) is 30.0 Å². The smallest absolute Gasteiger partial charge is 0.342 e. The number of nitrogens with one attached hydrogen (secondary N) is 1. The van der Waals surface area contributed by atoms with Crippen molar-refractivity contribution in [2.24, 2.45) is 5.92 Å². The van der Waals surface area contributed by atoms with Crippen LogP contribution in [-0.4, -0.2) is 50.2 Å². The van der Waals surface area contributed by atoms with Crippen molar-refractivity contribution in [2.75, 3.05) is 24.2 Å². The standard InChI is InChI=1S/C21H20F3N5O2S/c22-21(23,24)15-6-7-17-26-27-20(29(17)12-15)32-13-18(30)28-10-8-14(9-11-28)19(31)25-16-4-2-1-3-5-16/h1-7,12,14H,8-11,13H2,(H,25,31). The van der Waals surface area contributed by atoms with Crippen LogP contribution < -0.4 is 5.32 Å². The van der Waals surface area contributed by atoms with Gasteiger partial charge in [-0.15, -0.1) is 10.2 Å². The Hall–Kier alpha value is -3.08. The van der Waals surface area contributed by atoms with Crippen LogP contribution in [0.25, 0.3) is 5.65 Å². The molecule has 2 amide bonds. The summed E-state index contributed by atoms with van der Waals surface area (Å²) in [6, 6.07) is 11.4. The maximum absolute atomic E-state index is 13.0. The first-order valence-corrected chi connectivity index (χ1v) is 11.0. The Balaban J connectivity index is 1.30. The molecule has 3 aromatic rings. The van der Waals surface area contributed by atoms with Crippen LogP contribution in [0.5, 0.6) is 0 Å². The first-order valence-electron chi connectivity index (χ1n) is 10.00. The zero-order valence-electron chi connectivity index (χ0n) is 16.9. The quantitative estimate of drug-likeness (QED) is 0.584. The van der Waals surface area contributed by atoms with Crippen LogP contribution >= 0.6 is 11.8 Å². The van der Waals surface area contributed by atoms with E-state index in [1.165, 1.54) is 10.5 Å². The van der Waals surface area contributed by atoms with Gasteiger partial charge in [-0.25, -0.2) is 0 Å². The van der Waals surface area contributed by atoms with Crippen molar-refractivity contribution in [3.63, 3.8) is 0 Å². The maximum atomic E-state index is 13.0. The number of hydrogen-bond donors (Lipinski definition) is 1. The van der Waals surface area contributed by atoms with Crippen molar-refractivity contribution in [3.8, 4) is 0 Å². The van der Waals surface area contributed by atoms with Crippen molar-refractivity contribution in [1.29, 1.82) is 0 Å². The van der Waals surface area contributed by atoms with Crippen molar-refractivity contribution in [1.82, 2.24) is 19.5 Å². The summed E-state index contributed by atoms with van der Waals surface area (Å²) in [6.07, 6.45) is -2.44. The van der Waals surface area contributed by atoms with E-state index in [0.717, 1.165) is 29.7 Å². The number of piperidine rings is 1. The number of thioether (sulfide) groups is 1. The van der Waals surface area contributed by atoms with Crippen LogP contribution in [-0.2, 0) is 15.8 Å². The first kappa shape index (κ1) is 22.1. The monoisotopic (exact) mass is 463 g/mol. The number of carbonyl (C=O) groups is 2. The molecule has 0 atom stereocenters. The number of alkyl halides is 3. The highest BCUT2D eigenvalue weighted by Gasteiger charge is 2.31. The number of halogens is 3. The molecule has 1 aliphatic rings. The summed E-state index contributed by atoms with van der Waals surface area (Å²) >= 11 is 1.04. The molecule has 0 saturated carbocycles. The molecule has 0 radical (unpaired) electrons. The number of benzene rings is 1. The van der Waals surface area contributed by atoms with Crippen LogP contribution in [0.2, 0.25) is 0 Å². The van der Waals surface area contributed by atoms with Gasteiger partial charge >= 0.3 is 6.18 Å². The van der Waals surface area contributed by atoms with Gasteiger partial charge in [0.05, 0.1) is 11.3 Å². The number of aromatic nitrogens is 3. The fraction of sp³-hybridized carbons (Fsp3) is 0.333. The van der Waals surface area contributed by atoms with Gasteiger partial charge in [-0.2, -0.15) is 13.2 Å². The summed E-state index contributed by atoms with van der Waals surface area (Å²) in [6.45, 7) is 0.899. The van der Waals surface area contributed by atoms with Crippen LogP contribution in [0.4, 0.5) is 18.9 Å². The Morgan fingerprint density at radius 2 is 1.78 bits per heavy atom. The molecular weight excluding hydrogens is 443 g/mol. The molecule has 0 unspecified atom stereocenters. The number of nitrogens with zero attached hydrogens (tertiary/aromatic N) is 4. The number of hydrogen-bond acceptors (Lipinski definition) is 5. The molecule has 32 heavy (non-hydrogen) atoms. The van der Waals surface area contributed by atoms with E-state index in [9.17, 15) is 22.8 Å². The fourth-order valence-corrected chi connectivity index (χ4v) is 4.33. The summed E-state index contributed by atoms with van der Waals surface area (Å²) in [5.74, 6) is -0.361.